The molecule has 1 N–H and O–H groups in total. The molecule has 0 spiro atoms. The molecule has 0 unspecified atom stereocenters. The van der Waals surface area contributed by atoms with Gasteiger partial charge in [0.1, 0.15) is 0 Å². The quantitative estimate of drug-likeness (QED) is 0.689. The molecule has 0 aliphatic rings. The fourth-order valence-corrected chi connectivity index (χ4v) is 2.21. The molecule has 0 bridgehead atoms. The average molecular weight is 264 g/mol. The first-order valence-electron chi connectivity index (χ1n) is 7.43. The van der Waals surface area contributed by atoms with Crippen LogP contribution < -0.4 is 10.1 Å². The van der Waals surface area contributed by atoms with E-state index in [2.05, 4.69) is 30.2 Å². The van der Waals surface area contributed by atoms with Gasteiger partial charge in [0.25, 0.3) is 0 Å². The van der Waals surface area contributed by atoms with E-state index in [1.807, 2.05) is 14.0 Å². The summed E-state index contributed by atoms with van der Waals surface area (Å²) in [4.78, 5) is 4.52. The van der Waals surface area contributed by atoms with Crippen molar-refractivity contribution < 1.29 is 4.74 Å². The number of hydrogen-bond donors (Lipinski definition) is 1. The third kappa shape index (κ3) is 5.60. The first kappa shape index (κ1) is 16.0. The first-order chi connectivity index (χ1) is 9.19. The number of nitrogens with one attached hydrogen (secondary N) is 1. The summed E-state index contributed by atoms with van der Waals surface area (Å²) < 4.78 is 5.88. The molecule has 0 atom stereocenters. The van der Waals surface area contributed by atoms with Crippen molar-refractivity contribution in [3.63, 3.8) is 0 Å². The molecule has 0 amide bonds. The van der Waals surface area contributed by atoms with Crippen LogP contribution in [0.3, 0.4) is 0 Å². The molecule has 3 nitrogen and oxygen atoms in total. The van der Waals surface area contributed by atoms with Crippen LogP contribution in [-0.4, -0.2) is 18.6 Å². The van der Waals surface area contributed by atoms with Crippen molar-refractivity contribution in [3.05, 3.63) is 22.9 Å². The molecule has 0 aliphatic carbocycles. The van der Waals surface area contributed by atoms with Crippen molar-refractivity contribution in [1.29, 1.82) is 0 Å². The van der Waals surface area contributed by atoms with Crippen molar-refractivity contribution >= 4 is 0 Å². The maximum atomic E-state index is 5.88. The van der Waals surface area contributed by atoms with Crippen molar-refractivity contribution in [2.75, 3.05) is 13.7 Å². The third-order valence-electron chi connectivity index (χ3n) is 3.28. The zero-order valence-corrected chi connectivity index (χ0v) is 12.9. The van der Waals surface area contributed by atoms with E-state index >= 15 is 0 Å². The molecular weight excluding hydrogens is 236 g/mol. The van der Waals surface area contributed by atoms with Gasteiger partial charge in [-0.3, -0.25) is 0 Å². The molecule has 0 saturated heterocycles. The van der Waals surface area contributed by atoms with E-state index in [1.54, 1.807) is 0 Å². The second kappa shape index (κ2) is 8.92. The summed E-state index contributed by atoms with van der Waals surface area (Å²) in [5, 5.41) is 3.18. The number of aryl methyl sites for hydroxylation is 2. The van der Waals surface area contributed by atoms with Crippen LogP contribution in [0.1, 0.15) is 55.8 Å². The molecule has 3 heteroatoms. The number of aromatic nitrogens is 1. The predicted octanol–water partition coefficient (Wildman–Crippen LogP) is 3.77. The summed E-state index contributed by atoms with van der Waals surface area (Å²) in [6.07, 6.45) is 6.29. The summed E-state index contributed by atoms with van der Waals surface area (Å²) in [6.45, 7) is 7.96. The Morgan fingerprint density at radius 2 is 1.89 bits per heavy atom. The summed E-state index contributed by atoms with van der Waals surface area (Å²) >= 11 is 0. The Morgan fingerprint density at radius 1 is 1.16 bits per heavy atom. The number of rotatable bonds is 9. The van der Waals surface area contributed by atoms with Crippen molar-refractivity contribution in [1.82, 2.24) is 10.3 Å². The van der Waals surface area contributed by atoms with E-state index in [9.17, 15) is 0 Å². The molecule has 0 aromatic carbocycles. The smallest absolute Gasteiger partial charge is 0.218 e. The van der Waals surface area contributed by atoms with Crippen molar-refractivity contribution in [3.8, 4) is 5.88 Å². The lowest BCUT2D eigenvalue weighted by Crippen LogP contribution is -2.11. The number of hydrogen-bond acceptors (Lipinski definition) is 3. The van der Waals surface area contributed by atoms with Crippen LogP contribution in [0.4, 0.5) is 0 Å². The van der Waals surface area contributed by atoms with Gasteiger partial charge in [-0.15, -0.1) is 0 Å². The highest BCUT2D eigenvalue weighted by atomic mass is 16.5. The van der Waals surface area contributed by atoms with Crippen molar-refractivity contribution in [2.24, 2.45) is 0 Å². The van der Waals surface area contributed by atoms with Gasteiger partial charge < -0.3 is 10.1 Å². The molecule has 0 saturated carbocycles. The van der Waals surface area contributed by atoms with Gasteiger partial charge in [0, 0.05) is 17.8 Å². The lowest BCUT2D eigenvalue weighted by molar-refractivity contribution is 0.289. The number of ether oxygens (including phenoxy) is 1. The highest BCUT2D eigenvalue weighted by molar-refractivity contribution is 5.35. The first-order valence-corrected chi connectivity index (χ1v) is 7.43. The number of unbranched alkanes of at least 4 members (excludes halogenated alkanes) is 4. The van der Waals surface area contributed by atoms with E-state index in [1.165, 1.54) is 36.8 Å². The lowest BCUT2D eigenvalue weighted by Gasteiger charge is -2.13. The van der Waals surface area contributed by atoms with Crippen LogP contribution in [0.25, 0.3) is 0 Å². The van der Waals surface area contributed by atoms with Gasteiger partial charge in [-0.25, -0.2) is 4.98 Å². The highest BCUT2D eigenvalue weighted by Crippen LogP contribution is 2.21. The van der Waals surface area contributed by atoms with Gasteiger partial charge >= 0.3 is 0 Å². The average Bonchev–Trinajstić information content (AvgIpc) is 2.37. The normalized spacial score (nSPS) is 10.7. The van der Waals surface area contributed by atoms with Gasteiger partial charge in [-0.1, -0.05) is 32.6 Å². The molecule has 0 aliphatic heterocycles. The molecule has 1 aromatic heterocycles. The Balaban J connectivity index is 2.51. The van der Waals surface area contributed by atoms with E-state index in [0.29, 0.717) is 0 Å². The minimum atomic E-state index is 0.774. The third-order valence-corrected chi connectivity index (χ3v) is 3.28. The van der Waals surface area contributed by atoms with Gasteiger partial charge in [-0.05, 0) is 38.9 Å². The SMILES string of the molecule is CCCCCCCOc1nc(C)cc(C)c1CNC. The van der Waals surface area contributed by atoms with E-state index in [4.69, 9.17) is 4.74 Å². The summed E-state index contributed by atoms with van der Waals surface area (Å²) in [5.74, 6) is 0.808. The van der Waals surface area contributed by atoms with E-state index < -0.39 is 0 Å². The molecule has 108 valence electrons. The second-order valence-electron chi connectivity index (χ2n) is 5.16. The predicted molar refractivity (Wildman–Crippen MR) is 80.7 cm³/mol. The molecule has 1 aromatic rings. The van der Waals surface area contributed by atoms with Gasteiger partial charge in [0.15, 0.2) is 0 Å². The molecule has 0 radical (unpaired) electrons. The van der Waals surface area contributed by atoms with Crippen molar-refractivity contribution in [2.45, 2.75) is 59.4 Å². The number of pyridine rings is 1. The highest BCUT2D eigenvalue weighted by Gasteiger charge is 2.09. The Labute approximate surface area is 117 Å². The second-order valence-corrected chi connectivity index (χ2v) is 5.16. The van der Waals surface area contributed by atoms with Crippen LogP contribution in [0, 0.1) is 13.8 Å². The Kier molecular flexibility index (Phi) is 7.49. The monoisotopic (exact) mass is 264 g/mol. The Hall–Kier alpha value is -1.09. The zero-order valence-electron chi connectivity index (χ0n) is 12.9. The molecular formula is C16H28N2O. The fourth-order valence-electron chi connectivity index (χ4n) is 2.21. The van der Waals surface area contributed by atoms with Gasteiger partial charge in [0.05, 0.1) is 6.61 Å². The summed E-state index contributed by atoms with van der Waals surface area (Å²) in [5.41, 5.74) is 3.46. The fraction of sp³-hybridized carbons (Fsp3) is 0.688. The minimum absolute atomic E-state index is 0.774. The Morgan fingerprint density at radius 3 is 2.58 bits per heavy atom. The molecule has 1 heterocycles. The molecule has 19 heavy (non-hydrogen) atoms. The Bertz CT molecular complexity index is 377. The van der Waals surface area contributed by atoms with Gasteiger partial charge in [0.2, 0.25) is 5.88 Å². The van der Waals surface area contributed by atoms with Crippen LogP contribution in [-0.2, 0) is 6.54 Å². The van der Waals surface area contributed by atoms with Crippen LogP contribution in [0.5, 0.6) is 5.88 Å². The van der Waals surface area contributed by atoms with E-state index in [-0.39, 0.29) is 0 Å². The maximum Gasteiger partial charge on any atom is 0.218 e. The lowest BCUT2D eigenvalue weighted by atomic mass is 10.1. The minimum Gasteiger partial charge on any atom is -0.477 e. The van der Waals surface area contributed by atoms with Crippen LogP contribution >= 0.6 is 0 Å². The molecule has 1 rings (SSSR count). The zero-order chi connectivity index (χ0) is 14.1. The maximum absolute atomic E-state index is 5.88. The summed E-state index contributed by atoms with van der Waals surface area (Å²) in [7, 11) is 1.95. The standard InChI is InChI=1S/C16H28N2O/c1-5-6-7-8-9-10-19-16-15(12-17-4)13(2)11-14(3)18-16/h11,17H,5-10,12H2,1-4H3. The van der Waals surface area contributed by atoms with E-state index in [0.717, 1.165) is 31.1 Å². The summed E-state index contributed by atoms with van der Waals surface area (Å²) in [6, 6.07) is 2.11. The van der Waals surface area contributed by atoms with Crippen LogP contribution in [0.2, 0.25) is 0 Å². The largest absolute Gasteiger partial charge is 0.477 e. The molecule has 0 fully saturated rings. The topological polar surface area (TPSA) is 34.1 Å². The van der Waals surface area contributed by atoms with Gasteiger partial charge in [-0.2, -0.15) is 0 Å². The van der Waals surface area contributed by atoms with Crippen LogP contribution in [0.15, 0.2) is 6.07 Å². The number of nitrogens with zero attached hydrogens (tertiary/aromatic N) is 1.